The molecule has 0 heterocycles. The van der Waals surface area contributed by atoms with Crippen LogP contribution in [0.5, 0.6) is 5.75 Å². The molecule has 2 aromatic rings. The molecule has 0 fully saturated rings. The fraction of sp³-hybridized carbons (Fsp3) is 0.350. The zero-order valence-electron chi connectivity index (χ0n) is 15.2. The maximum absolute atomic E-state index is 12.0. The Kier molecular flexibility index (Phi) is 7.00. The molecule has 0 aliphatic carbocycles. The van der Waals surface area contributed by atoms with Crippen LogP contribution in [0.15, 0.2) is 48.5 Å². The highest BCUT2D eigenvalue weighted by atomic mass is 16.5. The van der Waals surface area contributed by atoms with E-state index in [1.54, 1.807) is 14.0 Å². The Labute approximate surface area is 153 Å². The normalized spacial score (nSPS) is 12.9. The minimum Gasteiger partial charge on any atom is -0.497 e. The minimum atomic E-state index is -1.04. The first-order valence-corrected chi connectivity index (χ1v) is 8.56. The van der Waals surface area contributed by atoms with Gasteiger partial charge in [-0.15, -0.1) is 0 Å². The second-order valence-corrected chi connectivity index (χ2v) is 6.44. The summed E-state index contributed by atoms with van der Waals surface area (Å²) in [6.45, 7) is 1.76. The first-order chi connectivity index (χ1) is 12.4. The van der Waals surface area contributed by atoms with E-state index in [0.29, 0.717) is 18.5 Å². The quantitative estimate of drug-likeness (QED) is 0.584. The van der Waals surface area contributed by atoms with Crippen molar-refractivity contribution in [1.29, 1.82) is 0 Å². The number of aliphatic hydroxyl groups is 2. The lowest BCUT2D eigenvalue weighted by Crippen LogP contribution is -2.42. The van der Waals surface area contributed by atoms with Gasteiger partial charge in [-0.05, 0) is 55.2 Å². The Hall–Kier alpha value is -2.57. The molecule has 0 radical (unpaired) electrons. The van der Waals surface area contributed by atoms with Crippen LogP contribution in [0.1, 0.15) is 19.8 Å². The molecule has 6 nitrogen and oxygen atoms in total. The van der Waals surface area contributed by atoms with Gasteiger partial charge in [-0.2, -0.15) is 0 Å². The van der Waals surface area contributed by atoms with Gasteiger partial charge in [0.2, 0.25) is 0 Å². The Morgan fingerprint density at radius 1 is 1.08 bits per heavy atom. The molecule has 6 heteroatoms. The number of ether oxygens (including phenoxy) is 1. The summed E-state index contributed by atoms with van der Waals surface area (Å²) in [5.74, 6) is 0.804. The van der Waals surface area contributed by atoms with Crippen molar-refractivity contribution >= 4 is 11.7 Å². The van der Waals surface area contributed by atoms with Crippen LogP contribution in [-0.4, -0.2) is 42.1 Å². The number of benzene rings is 2. The number of hydrogen-bond donors (Lipinski definition) is 4. The van der Waals surface area contributed by atoms with Gasteiger partial charge in [0.25, 0.3) is 0 Å². The summed E-state index contributed by atoms with van der Waals surface area (Å²) in [6.07, 6.45) is 0.906. The van der Waals surface area contributed by atoms with Crippen molar-refractivity contribution in [2.45, 2.75) is 25.4 Å². The zero-order valence-corrected chi connectivity index (χ0v) is 15.2. The summed E-state index contributed by atoms with van der Waals surface area (Å²) < 4.78 is 5.15. The third kappa shape index (κ3) is 6.06. The van der Waals surface area contributed by atoms with Crippen molar-refractivity contribution < 1.29 is 19.7 Å². The van der Waals surface area contributed by atoms with Crippen LogP contribution in [0.2, 0.25) is 0 Å². The van der Waals surface area contributed by atoms with Crippen molar-refractivity contribution in [3.05, 3.63) is 48.5 Å². The number of carbonyl (C=O) groups is 1. The van der Waals surface area contributed by atoms with Gasteiger partial charge in [-0.1, -0.05) is 24.3 Å². The first kappa shape index (κ1) is 19.8. The molecule has 0 aliphatic rings. The molecule has 0 saturated carbocycles. The van der Waals surface area contributed by atoms with E-state index in [-0.39, 0.29) is 19.2 Å². The number of methoxy groups -OCH3 is 1. The van der Waals surface area contributed by atoms with Crippen LogP contribution in [-0.2, 0) is 0 Å². The number of carbonyl (C=O) groups excluding carboxylic acids is 1. The number of anilines is 1. The average Bonchev–Trinajstić information content (AvgIpc) is 2.66. The molecule has 140 valence electrons. The summed E-state index contributed by atoms with van der Waals surface area (Å²) in [4.78, 5) is 12.0. The summed E-state index contributed by atoms with van der Waals surface area (Å²) in [6, 6.07) is 14.9. The van der Waals surface area contributed by atoms with E-state index in [2.05, 4.69) is 10.6 Å². The summed E-state index contributed by atoms with van der Waals surface area (Å²) in [7, 11) is 1.63. The maximum Gasteiger partial charge on any atom is 0.319 e. The van der Waals surface area contributed by atoms with Crippen LogP contribution >= 0.6 is 0 Å². The van der Waals surface area contributed by atoms with Crippen LogP contribution in [0, 0.1) is 0 Å². The molecule has 4 N–H and O–H groups in total. The molecule has 0 aromatic heterocycles. The molecule has 0 unspecified atom stereocenters. The first-order valence-electron chi connectivity index (χ1n) is 8.56. The molecule has 0 bridgehead atoms. The summed E-state index contributed by atoms with van der Waals surface area (Å²) in [5.41, 5.74) is 1.71. The van der Waals surface area contributed by atoms with Crippen molar-refractivity contribution in [1.82, 2.24) is 5.32 Å². The fourth-order valence-electron chi connectivity index (χ4n) is 2.52. The van der Waals surface area contributed by atoms with Crippen LogP contribution in [0.3, 0.4) is 0 Å². The van der Waals surface area contributed by atoms with Crippen molar-refractivity contribution in [2.24, 2.45) is 0 Å². The Balaban J connectivity index is 1.88. The summed E-state index contributed by atoms with van der Waals surface area (Å²) >= 11 is 0. The van der Waals surface area contributed by atoms with Gasteiger partial charge < -0.3 is 25.6 Å². The van der Waals surface area contributed by atoms with Crippen molar-refractivity contribution in [3.63, 3.8) is 0 Å². The number of aliphatic hydroxyl groups excluding tert-OH is 1. The van der Waals surface area contributed by atoms with Gasteiger partial charge in [0.05, 0.1) is 12.7 Å². The maximum atomic E-state index is 12.0. The van der Waals surface area contributed by atoms with Crippen LogP contribution < -0.4 is 15.4 Å². The number of urea groups is 1. The Morgan fingerprint density at radius 3 is 2.19 bits per heavy atom. The van der Waals surface area contributed by atoms with Crippen molar-refractivity contribution in [3.8, 4) is 16.9 Å². The molecule has 26 heavy (non-hydrogen) atoms. The summed E-state index contributed by atoms with van der Waals surface area (Å²) in [5, 5.41) is 24.3. The number of nitrogens with one attached hydrogen (secondary N) is 2. The lowest BCUT2D eigenvalue weighted by Gasteiger charge is -2.23. The van der Waals surface area contributed by atoms with Gasteiger partial charge in [0.1, 0.15) is 5.75 Å². The molecule has 0 saturated heterocycles. The van der Waals surface area contributed by atoms with E-state index in [9.17, 15) is 9.90 Å². The standard InChI is InChI=1S/C20H26N2O4/c1-20(25,12-3-13-23)14-21-19(24)22-17-8-4-15(5-9-17)16-6-10-18(26-2)11-7-16/h4-11,23,25H,3,12-14H2,1-2H3,(H2,21,22,24)/t20-/m0/s1. The second-order valence-electron chi connectivity index (χ2n) is 6.44. The largest absolute Gasteiger partial charge is 0.497 e. The number of rotatable bonds is 8. The second kappa shape index (κ2) is 9.22. The molecule has 0 spiro atoms. The minimum absolute atomic E-state index is 0.0168. The predicted octanol–water partition coefficient (Wildman–Crippen LogP) is 3.01. The lowest BCUT2D eigenvalue weighted by atomic mass is 10.0. The molecular formula is C20H26N2O4. The van der Waals surface area contributed by atoms with Crippen LogP contribution in [0.25, 0.3) is 11.1 Å². The average molecular weight is 358 g/mol. The SMILES string of the molecule is COc1ccc(-c2ccc(NC(=O)NC[C@@](C)(O)CCCO)cc2)cc1. The highest BCUT2D eigenvalue weighted by Crippen LogP contribution is 2.23. The van der Waals surface area contributed by atoms with Gasteiger partial charge in [0.15, 0.2) is 0 Å². The molecule has 0 aliphatic heterocycles. The van der Waals surface area contributed by atoms with E-state index >= 15 is 0 Å². The molecule has 1 atom stereocenters. The highest BCUT2D eigenvalue weighted by molar-refractivity contribution is 5.89. The van der Waals surface area contributed by atoms with Gasteiger partial charge in [0, 0.05) is 18.8 Å². The van der Waals surface area contributed by atoms with E-state index in [0.717, 1.165) is 16.9 Å². The third-order valence-corrected chi connectivity index (χ3v) is 4.07. The Morgan fingerprint density at radius 2 is 1.65 bits per heavy atom. The molecule has 2 amide bonds. The van der Waals surface area contributed by atoms with E-state index in [4.69, 9.17) is 9.84 Å². The lowest BCUT2D eigenvalue weighted by molar-refractivity contribution is 0.0464. The van der Waals surface area contributed by atoms with Crippen molar-refractivity contribution in [2.75, 3.05) is 25.6 Å². The van der Waals surface area contributed by atoms with E-state index < -0.39 is 5.60 Å². The zero-order chi connectivity index (χ0) is 19.0. The molecule has 2 aromatic carbocycles. The van der Waals surface area contributed by atoms with Crippen LogP contribution in [0.4, 0.5) is 10.5 Å². The fourth-order valence-corrected chi connectivity index (χ4v) is 2.52. The third-order valence-electron chi connectivity index (χ3n) is 4.07. The van der Waals surface area contributed by atoms with E-state index in [1.165, 1.54) is 0 Å². The van der Waals surface area contributed by atoms with Gasteiger partial charge >= 0.3 is 6.03 Å². The number of amides is 2. The highest BCUT2D eigenvalue weighted by Gasteiger charge is 2.20. The van der Waals surface area contributed by atoms with Gasteiger partial charge in [-0.25, -0.2) is 4.79 Å². The molecule has 2 rings (SSSR count). The number of hydrogen-bond acceptors (Lipinski definition) is 4. The smallest absolute Gasteiger partial charge is 0.319 e. The monoisotopic (exact) mass is 358 g/mol. The van der Waals surface area contributed by atoms with Gasteiger partial charge in [-0.3, -0.25) is 0 Å². The van der Waals surface area contributed by atoms with E-state index in [1.807, 2.05) is 48.5 Å². The predicted molar refractivity (Wildman–Crippen MR) is 102 cm³/mol. The molecular weight excluding hydrogens is 332 g/mol. The Bertz CT molecular complexity index is 697. The topological polar surface area (TPSA) is 90.8 Å².